The Hall–Kier alpha value is -4.55. The van der Waals surface area contributed by atoms with E-state index in [-0.39, 0.29) is 32.5 Å². The van der Waals surface area contributed by atoms with Gasteiger partial charge in [-0.3, -0.25) is 9.11 Å². The van der Waals surface area contributed by atoms with E-state index < -0.39 is 51.4 Å². The molecule has 4 rings (SSSR count). The predicted octanol–water partition coefficient (Wildman–Crippen LogP) is 5.25. The molecule has 0 bridgehead atoms. The minimum atomic E-state index is -4.53. The molecule has 0 saturated heterocycles. The first-order chi connectivity index (χ1) is 19.1. The highest BCUT2D eigenvalue weighted by atomic mass is 32.2. The van der Waals surface area contributed by atoms with E-state index >= 15 is 0 Å². The highest BCUT2D eigenvalue weighted by Crippen LogP contribution is 2.33. The fourth-order valence-corrected chi connectivity index (χ4v) is 5.49. The Morgan fingerprint density at radius 3 is 1.07 bits per heavy atom. The summed E-state index contributed by atoms with van der Waals surface area (Å²) in [6.45, 7) is 0. The molecule has 4 aromatic carbocycles. The summed E-state index contributed by atoms with van der Waals surface area (Å²) < 4.78 is 89.5. The van der Waals surface area contributed by atoms with Gasteiger partial charge < -0.3 is 10.2 Å². The third-order valence-corrected chi connectivity index (χ3v) is 8.81. The molecule has 0 unspecified atom stereocenters. The predicted molar refractivity (Wildman–Crippen MR) is 143 cm³/mol. The summed E-state index contributed by atoms with van der Waals surface area (Å²) in [5, 5.41) is 34.9. The largest absolute Gasteiger partial charge is 0.506 e. The van der Waals surface area contributed by atoms with Gasteiger partial charge in [-0.05, 0) is 84.9 Å². The highest BCUT2D eigenvalue weighted by molar-refractivity contribution is 7.91. The zero-order chi connectivity index (χ0) is 30.0. The lowest BCUT2D eigenvalue weighted by Gasteiger charge is -2.05. The maximum atomic E-state index is 13.0. The number of benzene rings is 4. The number of azo groups is 2. The third kappa shape index (κ3) is 6.97. The molecule has 212 valence electrons. The Kier molecular flexibility index (Phi) is 8.00. The van der Waals surface area contributed by atoms with E-state index in [1.165, 1.54) is 48.5 Å². The molecule has 0 amide bonds. The van der Waals surface area contributed by atoms with E-state index in [4.69, 9.17) is 9.11 Å². The second-order valence-electron chi connectivity index (χ2n) is 8.14. The van der Waals surface area contributed by atoms with Crippen LogP contribution in [0, 0.1) is 0 Å². The molecular formula is C24H18N4O10S3. The van der Waals surface area contributed by atoms with Crippen LogP contribution < -0.4 is 0 Å². The molecule has 0 spiro atoms. The summed E-state index contributed by atoms with van der Waals surface area (Å²) >= 11 is 0. The van der Waals surface area contributed by atoms with Gasteiger partial charge in [0, 0.05) is 0 Å². The average Bonchev–Trinajstić information content (AvgIpc) is 2.91. The third-order valence-electron chi connectivity index (χ3n) is 5.33. The molecule has 0 aliphatic rings. The Labute approximate surface area is 233 Å². The summed E-state index contributed by atoms with van der Waals surface area (Å²) in [6, 6.07) is 16.2. The fourth-order valence-electron chi connectivity index (χ4n) is 3.23. The van der Waals surface area contributed by atoms with E-state index in [1.807, 2.05) is 0 Å². The van der Waals surface area contributed by atoms with E-state index in [9.17, 15) is 35.5 Å². The van der Waals surface area contributed by atoms with Crippen molar-refractivity contribution in [1.29, 1.82) is 0 Å². The van der Waals surface area contributed by atoms with Crippen LogP contribution in [-0.4, -0.2) is 44.6 Å². The van der Waals surface area contributed by atoms with Crippen LogP contribution in [0.2, 0.25) is 0 Å². The number of hydrogen-bond donors (Lipinski definition) is 4. The van der Waals surface area contributed by atoms with Crippen molar-refractivity contribution in [2.45, 2.75) is 19.6 Å². The van der Waals surface area contributed by atoms with E-state index in [0.717, 1.165) is 36.4 Å². The minimum Gasteiger partial charge on any atom is -0.506 e. The Morgan fingerprint density at radius 1 is 0.439 bits per heavy atom. The normalized spacial score (nSPS) is 12.7. The summed E-state index contributed by atoms with van der Waals surface area (Å²) in [6.07, 6.45) is 0. The molecule has 0 aliphatic heterocycles. The van der Waals surface area contributed by atoms with Gasteiger partial charge in [-0.25, -0.2) is 8.42 Å². The van der Waals surface area contributed by atoms with Crippen LogP contribution in [0.4, 0.5) is 22.7 Å². The second-order valence-corrected chi connectivity index (χ2v) is 12.9. The number of nitrogens with zero attached hydrogens (tertiary/aromatic N) is 4. The lowest BCUT2D eigenvalue weighted by molar-refractivity contribution is 0.472. The second kappa shape index (κ2) is 11.1. The van der Waals surface area contributed by atoms with Crippen molar-refractivity contribution in [3.05, 3.63) is 84.9 Å². The average molecular weight is 619 g/mol. The van der Waals surface area contributed by atoms with Crippen molar-refractivity contribution in [1.82, 2.24) is 0 Å². The van der Waals surface area contributed by atoms with E-state index in [1.54, 1.807) is 0 Å². The number of hydrogen-bond acceptors (Lipinski definition) is 12. The van der Waals surface area contributed by atoms with Crippen molar-refractivity contribution in [2.75, 3.05) is 0 Å². The van der Waals surface area contributed by atoms with E-state index in [2.05, 4.69) is 20.5 Å². The lowest BCUT2D eigenvalue weighted by Crippen LogP contribution is -2.01. The van der Waals surface area contributed by atoms with Gasteiger partial charge in [-0.15, -0.1) is 10.2 Å². The fraction of sp³-hybridized carbons (Fsp3) is 0. The number of phenolic OH excluding ortho intramolecular Hbond substituents is 2. The smallest absolute Gasteiger partial charge is 0.294 e. The van der Waals surface area contributed by atoms with Gasteiger partial charge >= 0.3 is 0 Å². The van der Waals surface area contributed by atoms with Crippen molar-refractivity contribution in [3.8, 4) is 11.5 Å². The van der Waals surface area contributed by atoms with Crippen LogP contribution in [0.1, 0.15) is 0 Å². The molecule has 4 N–H and O–H groups in total. The monoisotopic (exact) mass is 618 g/mol. The first-order valence-corrected chi connectivity index (χ1v) is 15.4. The van der Waals surface area contributed by atoms with Gasteiger partial charge in [0.25, 0.3) is 20.2 Å². The van der Waals surface area contributed by atoms with Crippen molar-refractivity contribution in [2.24, 2.45) is 20.5 Å². The molecule has 0 atom stereocenters. The highest BCUT2D eigenvalue weighted by Gasteiger charge is 2.18. The van der Waals surface area contributed by atoms with Crippen LogP contribution in [-0.2, 0) is 30.1 Å². The van der Waals surface area contributed by atoms with Crippen LogP contribution in [0.5, 0.6) is 11.5 Å². The molecule has 0 aromatic heterocycles. The quantitative estimate of drug-likeness (QED) is 0.148. The maximum absolute atomic E-state index is 13.0. The standard InChI is InChI=1S/C24H18N4O10S3/c29-23-11-9-19(40(33,34)35)13-21(23)27-25-15-1-5-17(6-2-15)39(31,32)18-7-3-16(4-8-18)26-28-22-14-20(41(36,37)38)10-12-24(22)30/h1-14,29-30H,(H,33,34,35)(H,36,37,38). The molecule has 0 aliphatic carbocycles. The number of aromatic hydroxyl groups is 2. The lowest BCUT2D eigenvalue weighted by atomic mass is 10.3. The molecule has 0 radical (unpaired) electrons. The molecule has 17 heteroatoms. The van der Waals surface area contributed by atoms with Crippen molar-refractivity contribution >= 4 is 52.8 Å². The molecule has 0 heterocycles. The maximum Gasteiger partial charge on any atom is 0.294 e. The molecule has 41 heavy (non-hydrogen) atoms. The summed E-state index contributed by atoms with van der Waals surface area (Å²) in [5.41, 5.74) is -0.124. The number of phenols is 2. The summed E-state index contributed by atoms with van der Waals surface area (Å²) in [4.78, 5) is -1.17. The van der Waals surface area contributed by atoms with E-state index in [0.29, 0.717) is 0 Å². The van der Waals surface area contributed by atoms with Crippen LogP contribution in [0.25, 0.3) is 0 Å². The molecule has 0 fully saturated rings. The van der Waals surface area contributed by atoms with Gasteiger partial charge in [0.2, 0.25) is 9.84 Å². The van der Waals surface area contributed by atoms with Gasteiger partial charge in [0.15, 0.2) is 0 Å². The Morgan fingerprint density at radius 2 is 0.756 bits per heavy atom. The van der Waals surface area contributed by atoms with Gasteiger partial charge in [0.1, 0.15) is 22.9 Å². The summed E-state index contributed by atoms with van der Waals surface area (Å²) in [5.74, 6) is -0.793. The molecular weight excluding hydrogens is 600 g/mol. The van der Waals surface area contributed by atoms with Gasteiger partial charge in [0.05, 0.1) is 31.0 Å². The number of rotatable bonds is 8. The van der Waals surface area contributed by atoms with Crippen LogP contribution in [0.15, 0.2) is 125 Å². The van der Waals surface area contributed by atoms with Gasteiger partial charge in [-0.1, -0.05) is 0 Å². The first-order valence-electron chi connectivity index (χ1n) is 11.0. The van der Waals surface area contributed by atoms with Crippen LogP contribution >= 0.6 is 0 Å². The van der Waals surface area contributed by atoms with Crippen molar-refractivity contribution < 1.29 is 44.6 Å². The first kappa shape index (κ1) is 29.4. The Balaban J connectivity index is 1.51. The van der Waals surface area contributed by atoms with Crippen LogP contribution in [0.3, 0.4) is 0 Å². The molecule has 14 nitrogen and oxygen atoms in total. The zero-order valence-electron chi connectivity index (χ0n) is 20.3. The Bertz CT molecular complexity index is 1870. The number of sulfone groups is 1. The molecule has 0 saturated carbocycles. The summed E-state index contributed by atoms with van der Waals surface area (Å²) in [7, 11) is -13.0. The minimum absolute atomic E-state index is 0.0889. The van der Waals surface area contributed by atoms with Crippen molar-refractivity contribution in [3.63, 3.8) is 0 Å². The SMILES string of the molecule is O=S(=O)(O)c1ccc(O)c(N=Nc2ccc(S(=O)(=O)c3ccc(N=Nc4cc(S(=O)(=O)O)ccc4O)cc3)cc2)c1. The zero-order valence-corrected chi connectivity index (χ0v) is 22.8. The topological polar surface area (TPSA) is 233 Å². The van der Waals surface area contributed by atoms with Gasteiger partial charge in [-0.2, -0.15) is 27.1 Å². The molecule has 4 aromatic rings.